The van der Waals surface area contributed by atoms with Crippen molar-refractivity contribution in [2.75, 3.05) is 60.0 Å². The molecule has 10 nitrogen and oxygen atoms in total. The Morgan fingerprint density at radius 3 is 2.33 bits per heavy atom. The summed E-state index contributed by atoms with van der Waals surface area (Å²) in [6.07, 6.45) is 3.11. The second-order valence-corrected chi connectivity index (χ2v) is 13.3. The Hall–Kier alpha value is -2.76. The molecule has 0 aliphatic carbocycles. The number of oxime groups is 1. The molecule has 0 spiro atoms. The molecule has 3 amide bonds. The topological polar surface area (TPSA) is 106 Å². The second-order valence-electron chi connectivity index (χ2n) is 11.6. The van der Waals surface area contributed by atoms with Gasteiger partial charge in [0.25, 0.3) is 5.91 Å². The number of nitrogens with zero attached hydrogens (tertiary/aromatic N) is 5. The monoisotopic (exact) mass is 713 g/mol. The van der Waals surface area contributed by atoms with Crippen LogP contribution in [0.15, 0.2) is 41.6 Å². The molecule has 0 saturated carbocycles. The molecular weight excluding hydrogens is 676 g/mol. The van der Waals surface area contributed by atoms with E-state index in [1.807, 2.05) is 17.0 Å². The van der Waals surface area contributed by atoms with E-state index in [-0.39, 0.29) is 43.4 Å². The van der Waals surface area contributed by atoms with Crippen LogP contribution >= 0.6 is 46.4 Å². The highest BCUT2D eigenvalue weighted by Gasteiger charge is 2.34. The van der Waals surface area contributed by atoms with Crippen LogP contribution in [0.5, 0.6) is 0 Å². The van der Waals surface area contributed by atoms with Crippen LogP contribution < -0.4 is 0 Å². The molecule has 2 aromatic carbocycles. The van der Waals surface area contributed by atoms with Crippen LogP contribution in [-0.4, -0.2) is 114 Å². The molecular formula is C32H39Cl4N5O5. The summed E-state index contributed by atoms with van der Waals surface area (Å²) in [5.74, 6) is -1.41. The Balaban J connectivity index is 1.44. The summed E-state index contributed by atoms with van der Waals surface area (Å²) < 4.78 is 0. The molecule has 1 N–H and O–H groups in total. The first-order valence-corrected chi connectivity index (χ1v) is 16.7. The molecule has 46 heavy (non-hydrogen) atoms. The van der Waals surface area contributed by atoms with E-state index in [9.17, 15) is 14.4 Å². The van der Waals surface area contributed by atoms with Crippen LogP contribution in [0.4, 0.5) is 4.79 Å². The molecule has 2 aliphatic rings. The summed E-state index contributed by atoms with van der Waals surface area (Å²) in [6, 6.07) is 10.3. The third kappa shape index (κ3) is 9.64. The lowest BCUT2D eigenvalue weighted by molar-refractivity contribution is -0.137. The first-order valence-electron chi connectivity index (χ1n) is 15.2. The molecule has 0 radical (unpaired) electrons. The zero-order valence-corrected chi connectivity index (χ0v) is 29.0. The van der Waals surface area contributed by atoms with Crippen LogP contribution in [0.3, 0.4) is 0 Å². The van der Waals surface area contributed by atoms with Gasteiger partial charge in [0, 0.05) is 67.3 Å². The van der Waals surface area contributed by atoms with E-state index < -0.39 is 5.97 Å². The van der Waals surface area contributed by atoms with Gasteiger partial charge in [-0.1, -0.05) is 57.6 Å². The maximum absolute atomic E-state index is 13.3. The molecule has 2 aromatic rings. The fourth-order valence-electron chi connectivity index (χ4n) is 6.14. The predicted molar refractivity (Wildman–Crippen MR) is 182 cm³/mol. The minimum Gasteiger partial charge on any atom is -0.481 e. The Kier molecular flexibility index (Phi) is 13.2. The lowest BCUT2D eigenvalue weighted by atomic mass is 9.89. The normalized spacial score (nSPS) is 17.3. The molecule has 2 heterocycles. The van der Waals surface area contributed by atoms with Gasteiger partial charge in [-0.15, -0.1) is 0 Å². The zero-order chi connectivity index (χ0) is 33.4. The predicted octanol–water partition coefficient (Wildman–Crippen LogP) is 6.62. The number of likely N-dealkylation sites (tertiary alicyclic amines) is 1. The number of urea groups is 1. The van der Waals surface area contributed by atoms with Gasteiger partial charge in [0.15, 0.2) is 0 Å². The summed E-state index contributed by atoms with van der Waals surface area (Å²) in [5, 5.41) is 15.0. The highest BCUT2D eigenvalue weighted by atomic mass is 35.5. The molecule has 4 rings (SSSR count). The summed E-state index contributed by atoms with van der Waals surface area (Å²) in [6.45, 7) is 4.05. The van der Waals surface area contributed by atoms with E-state index in [4.69, 9.17) is 56.3 Å². The number of hydrogen-bond acceptors (Lipinski definition) is 6. The van der Waals surface area contributed by atoms with Crippen LogP contribution in [0.1, 0.15) is 53.9 Å². The van der Waals surface area contributed by atoms with Crippen molar-refractivity contribution >= 4 is 70.0 Å². The molecule has 250 valence electrons. The van der Waals surface area contributed by atoms with Crippen molar-refractivity contribution in [3.8, 4) is 0 Å². The van der Waals surface area contributed by atoms with E-state index in [1.54, 1.807) is 41.1 Å². The number of carbonyl (C=O) groups is 3. The van der Waals surface area contributed by atoms with E-state index in [0.717, 1.165) is 44.5 Å². The van der Waals surface area contributed by atoms with Gasteiger partial charge >= 0.3 is 12.0 Å². The average molecular weight is 716 g/mol. The Morgan fingerprint density at radius 1 is 1.00 bits per heavy atom. The van der Waals surface area contributed by atoms with Crippen molar-refractivity contribution in [1.82, 2.24) is 19.6 Å². The van der Waals surface area contributed by atoms with Gasteiger partial charge in [-0.2, -0.15) is 0 Å². The number of piperidine rings is 1. The van der Waals surface area contributed by atoms with Gasteiger partial charge in [-0.25, -0.2) is 4.79 Å². The van der Waals surface area contributed by atoms with Crippen LogP contribution in [0.25, 0.3) is 0 Å². The third-order valence-corrected chi connectivity index (χ3v) is 9.66. The van der Waals surface area contributed by atoms with Crippen molar-refractivity contribution in [2.45, 2.75) is 44.1 Å². The summed E-state index contributed by atoms with van der Waals surface area (Å²) in [4.78, 5) is 50.2. The maximum Gasteiger partial charge on any atom is 0.320 e. The minimum absolute atomic E-state index is 0.0503. The second kappa shape index (κ2) is 16.9. The fraction of sp³-hybridized carbons (Fsp3) is 0.500. The van der Waals surface area contributed by atoms with E-state index in [0.29, 0.717) is 50.9 Å². The minimum atomic E-state index is -0.902. The largest absolute Gasteiger partial charge is 0.481 e. The lowest BCUT2D eigenvalue weighted by Gasteiger charge is -2.43. The highest BCUT2D eigenvalue weighted by molar-refractivity contribution is 6.42. The quantitative estimate of drug-likeness (QED) is 0.185. The zero-order valence-electron chi connectivity index (χ0n) is 25.9. The summed E-state index contributed by atoms with van der Waals surface area (Å²) in [7, 11) is 3.16. The Bertz CT molecular complexity index is 1420. The van der Waals surface area contributed by atoms with Gasteiger partial charge in [0.2, 0.25) is 0 Å². The summed E-state index contributed by atoms with van der Waals surface area (Å²) in [5.41, 5.74) is 1.90. The first-order chi connectivity index (χ1) is 22.0. The molecule has 2 saturated heterocycles. The van der Waals surface area contributed by atoms with E-state index in [2.05, 4.69) is 10.1 Å². The number of carboxylic acids is 1. The van der Waals surface area contributed by atoms with E-state index >= 15 is 0 Å². The standard InChI is InChI=1S/C32H39Cl4N5O5/c1-38(31(44)22-16-23(33)19-24(34)17-22)20-29(37-46-2)26(21-4-5-27(35)28(36)18-21)8-14-39-12-6-25(7-13-39)41-11-3-10-40(32(41)45)15-9-30(42)43/h4-5,16-19,25-26H,3,6-15,20H2,1-2H3,(H,42,43)/b37-29+. The molecule has 14 heteroatoms. The molecule has 1 atom stereocenters. The van der Waals surface area contributed by atoms with Crippen molar-refractivity contribution < 1.29 is 24.3 Å². The Labute approximate surface area is 289 Å². The van der Waals surface area contributed by atoms with Gasteiger partial charge in [0.05, 0.1) is 28.7 Å². The smallest absolute Gasteiger partial charge is 0.320 e. The van der Waals surface area contributed by atoms with Gasteiger partial charge in [-0.05, 0) is 68.1 Å². The Morgan fingerprint density at radius 2 is 1.70 bits per heavy atom. The first kappa shape index (κ1) is 36.1. The van der Waals surface area contributed by atoms with Crippen molar-refractivity contribution in [3.63, 3.8) is 0 Å². The highest BCUT2D eigenvalue weighted by Crippen LogP contribution is 2.31. The van der Waals surface area contributed by atoms with Crippen molar-refractivity contribution in [2.24, 2.45) is 5.16 Å². The van der Waals surface area contributed by atoms with Crippen LogP contribution in [-0.2, 0) is 9.63 Å². The average Bonchev–Trinajstić information content (AvgIpc) is 3.01. The maximum atomic E-state index is 13.3. The number of rotatable bonds is 13. The molecule has 0 bridgehead atoms. The van der Waals surface area contributed by atoms with Gasteiger partial charge < -0.3 is 29.5 Å². The van der Waals surface area contributed by atoms with Crippen LogP contribution in [0.2, 0.25) is 20.1 Å². The number of benzene rings is 2. The number of aliphatic carboxylic acids is 1. The van der Waals surface area contributed by atoms with E-state index in [1.165, 1.54) is 7.11 Å². The molecule has 2 aliphatic heterocycles. The van der Waals surface area contributed by atoms with Crippen LogP contribution in [0, 0.1) is 0 Å². The third-order valence-electron chi connectivity index (χ3n) is 8.48. The number of carboxylic acid groups (broad SMARTS) is 1. The fourth-order valence-corrected chi connectivity index (χ4v) is 6.97. The SMILES string of the molecule is CO/N=C(\CN(C)C(=O)c1cc(Cl)cc(Cl)c1)C(CCN1CCC(N2CCCN(CCC(=O)O)C2=O)CC1)c1ccc(Cl)c(Cl)c1. The van der Waals surface area contributed by atoms with Crippen molar-refractivity contribution in [1.29, 1.82) is 0 Å². The number of hydrogen-bond donors (Lipinski definition) is 1. The molecule has 1 unspecified atom stereocenters. The molecule has 0 aromatic heterocycles. The number of amides is 3. The molecule has 2 fully saturated rings. The summed E-state index contributed by atoms with van der Waals surface area (Å²) >= 11 is 25.0. The number of halogens is 4. The number of carbonyl (C=O) groups excluding carboxylic acids is 2. The van der Waals surface area contributed by atoms with Gasteiger partial charge in [0.1, 0.15) is 7.11 Å². The van der Waals surface area contributed by atoms with Crippen molar-refractivity contribution in [3.05, 3.63) is 67.6 Å². The lowest BCUT2D eigenvalue weighted by Crippen LogP contribution is -2.56. The van der Waals surface area contributed by atoms with Gasteiger partial charge in [-0.3, -0.25) is 9.59 Å².